The Bertz CT molecular complexity index is 3460. The largest absolute Gasteiger partial charge is 0.248 e. The van der Waals surface area contributed by atoms with Crippen LogP contribution in [0.4, 0.5) is 0 Å². The molecule has 0 bridgehead atoms. The van der Waals surface area contributed by atoms with Crippen LogP contribution in [0.15, 0.2) is 261 Å². The lowest BCUT2D eigenvalue weighted by Crippen LogP contribution is -2.28. The maximum absolute atomic E-state index is 5.45. The lowest BCUT2D eigenvalue weighted by Gasteiger charge is -2.34. The summed E-state index contributed by atoms with van der Waals surface area (Å²) in [7, 11) is 0. The molecule has 2 heterocycles. The van der Waals surface area contributed by atoms with Gasteiger partial charge in [-0.05, 0) is 92.0 Å². The van der Waals surface area contributed by atoms with Gasteiger partial charge in [0.2, 0.25) is 0 Å². The molecule has 0 fully saturated rings. The van der Waals surface area contributed by atoms with Crippen LogP contribution in [0.5, 0.6) is 0 Å². The first-order valence-corrected chi connectivity index (χ1v) is 22.8. The van der Waals surface area contributed by atoms with Gasteiger partial charge in [0.15, 0.2) is 5.82 Å². The lowest BCUT2D eigenvalue weighted by atomic mass is 9.67. The molecule has 1 aliphatic carbocycles. The fraction of sp³-hybridized carbons (Fsp3) is 0.0156. The van der Waals surface area contributed by atoms with Crippen molar-refractivity contribution in [3.05, 3.63) is 283 Å². The molecule has 0 unspecified atom stereocenters. The number of aromatic nitrogens is 3. The average Bonchev–Trinajstić information content (AvgIpc) is 3.73. The zero-order chi connectivity index (χ0) is 44.6. The van der Waals surface area contributed by atoms with Crippen molar-refractivity contribution in [2.75, 3.05) is 0 Å². The van der Waals surface area contributed by atoms with E-state index in [-0.39, 0.29) is 0 Å². The molecule has 0 saturated heterocycles. The third-order valence-electron chi connectivity index (χ3n) is 13.2. The number of hydrogen-bond donors (Lipinski definition) is 0. The Labute approximate surface area is 391 Å². The van der Waals surface area contributed by atoms with Crippen molar-refractivity contribution < 1.29 is 0 Å². The number of hydrogen-bond acceptors (Lipinski definition) is 3. The lowest BCUT2D eigenvalue weighted by molar-refractivity contribution is 0.769. The first kappa shape index (κ1) is 39.8. The summed E-state index contributed by atoms with van der Waals surface area (Å²) in [5.74, 6) is 0.687. The zero-order valence-electron chi connectivity index (χ0n) is 36.7. The van der Waals surface area contributed by atoms with E-state index in [2.05, 4.69) is 224 Å². The standard InChI is InChI=1S/C64H43N3/c1-5-20-44(21-6-1)52-41-59(65-60(42-52)50-29-18-30-51(39-50)62-43-61(45-22-7-2-8-23-45)66-63(67-62)46-24-9-3-10-25-46)49-28-17-26-47(38-49)48-27-19-33-54(40-48)64(53-31-11-4-12-32-53)57-36-15-13-34-55(57)56-35-14-16-37-58(56)64/h1-43H. The Kier molecular flexibility index (Phi) is 10.1. The number of benzene rings is 9. The Hall–Kier alpha value is -8.79. The fourth-order valence-electron chi connectivity index (χ4n) is 10.0. The molecule has 3 heteroatoms. The van der Waals surface area contributed by atoms with Crippen LogP contribution in [-0.4, -0.2) is 15.0 Å². The van der Waals surface area contributed by atoms with Gasteiger partial charge in [-0.25, -0.2) is 15.0 Å². The highest BCUT2D eigenvalue weighted by atomic mass is 14.9. The molecule has 12 rings (SSSR count). The number of pyridine rings is 1. The maximum Gasteiger partial charge on any atom is 0.160 e. The van der Waals surface area contributed by atoms with Gasteiger partial charge in [-0.15, -0.1) is 0 Å². The summed E-state index contributed by atoms with van der Waals surface area (Å²) in [6.07, 6.45) is 0. The van der Waals surface area contributed by atoms with E-state index in [9.17, 15) is 0 Å². The van der Waals surface area contributed by atoms with Crippen LogP contribution in [0, 0.1) is 0 Å². The highest BCUT2D eigenvalue weighted by Crippen LogP contribution is 2.56. The van der Waals surface area contributed by atoms with E-state index in [0.29, 0.717) is 5.82 Å². The number of rotatable bonds is 9. The summed E-state index contributed by atoms with van der Waals surface area (Å²) in [4.78, 5) is 15.6. The van der Waals surface area contributed by atoms with Gasteiger partial charge in [-0.3, -0.25) is 0 Å². The highest BCUT2D eigenvalue weighted by Gasteiger charge is 2.45. The molecule has 3 nitrogen and oxygen atoms in total. The van der Waals surface area contributed by atoms with Gasteiger partial charge in [0, 0.05) is 27.8 Å². The van der Waals surface area contributed by atoms with Crippen molar-refractivity contribution >= 4 is 0 Å². The first-order chi connectivity index (χ1) is 33.2. The summed E-state index contributed by atoms with van der Waals surface area (Å²) in [6, 6.07) is 93.0. The van der Waals surface area contributed by atoms with Crippen LogP contribution in [0.2, 0.25) is 0 Å². The number of fused-ring (bicyclic) bond motifs is 3. The monoisotopic (exact) mass is 853 g/mol. The minimum atomic E-state index is -0.477. The molecule has 0 radical (unpaired) electrons. The minimum absolute atomic E-state index is 0.477. The molecule has 0 atom stereocenters. The molecule has 2 aromatic heterocycles. The Balaban J connectivity index is 0.970. The highest BCUT2D eigenvalue weighted by molar-refractivity contribution is 5.87. The van der Waals surface area contributed by atoms with E-state index < -0.39 is 5.41 Å². The molecule has 0 saturated carbocycles. The summed E-state index contributed by atoms with van der Waals surface area (Å²) >= 11 is 0. The zero-order valence-corrected chi connectivity index (χ0v) is 36.7. The molecule has 9 aromatic carbocycles. The second-order valence-electron chi connectivity index (χ2n) is 17.1. The van der Waals surface area contributed by atoms with Crippen LogP contribution in [0.3, 0.4) is 0 Å². The average molecular weight is 854 g/mol. The molecule has 11 aromatic rings. The van der Waals surface area contributed by atoms with Gasteiger partial charge in [0.25, 0.3) is 0 Å². The van der Waals surface area contributed by atoms with Crippen molar-refractivity contribution in [2.45, 2.75) is 5.41 Å². The quantitative estimate of drug-likeness (QED) is 0.145. The van der Waals surface area contributed by atoms with Gasteiger partial charge >= 0.3 is 0 Å². The van der Waals surface area contributed by atoms with Gasteiger partial charge in [-0.2, -0.15) is 0 Å². The predicted molar refractivity (Wildman–Crippen MR) is 275 cm³/mol. The van der Waals surface area contributed by atoms with Crippen molar-refractivity contribution in [1.29, 1.82) is 0 Å². The minimum Gasteiger partial charge on any atom is -0.248 e. The van der Waals surface area contributed by atoms with E-state index in [4.69, 9.17) is 15.0 Å². The summed E-state index contributed by atoms with van der Waals surface area (Å²) in [5, 5.41) is 0. The maximum atomic E-state index is 5.45. The van der Waals surface area contributed by atoms with Crippen molar-refractivity contribution in [3.63, 3.8) is 0 Å². The third kappa shape index (κ3) is 7.24. The van der Waals surface area contributed by atoms with Crippen molar-refractivity contribution in [3.8, 4) is 89.8 Å². The van der Waals surface area contributed by atoms with E-state index in [0.717, 1.165) is 72.8 Å². The molecule has 0 spiro atoms. The second-order valence-corrected chi connectivity index (χ2v) is 17.1. The van der Waals surface area contributed by atoms with E-state index in [1.807, 2.05) is 36.4 Å². The SMILES string of the molecule is c1ccc(-c2cc(-c3cccc(-c4cccc(C5(c6ccccc6)c6ccccc6-c6ccccc65)c4)c3)nc(-c3cccc(-c4cc(-c5ccccc5)nc(-c5ccccc5)n4)c3)c2)cc1. The van der Waals surface area contributed by atoms with Gasteiger partial charge < -0.3 is 0 Å². The predicted octanol–water partition coefficient (Wildman–Crippen LogP) is 15.9. The van der Waals surface area contributed by atoms with E-state index in [1.54, 1.807) is 0 Å². The summed E-state index contributed by atoms with van der Waals surface area (Å²) in [5.41, 5.74) is 20.3. The first-order valence-electron chi connectivity index (χ1n) is 22.8. The van der Waals surface area contributed by atoms with Crippen LogP contribution in [-0.2, 0) is 5.41 Å². The van der Waals surface area contributed by atoms with Crippen molar-refractivity contribution in [1.82, 2.24) is 15.0 Å². The second kappa shape index (κ2) is 17.0. The van der Waals surface area contributed by atoms with Gasteiger partial charge in [-0.1, -0.05) is 224 Å². The van der Waals surface area contributed by atoms with Crippen LogP contribution in [0.1, 0.15) is 22.3 Å². The third-order valence-corrected chi connectivity index (χ3v) is 13.2. The molecule has 67 heavy (non-hydrogen) atoms. The molecule has 0 N–H and O–H groups in total. The Morgan fingerprint density at radius 2 is 0.612 bits per heavy atom. The Morgan fingerprint density at radius 3 is 1.19 bits per heavy atom. The molecule has 314 valence electrons. The van der Waals surface area contributed by atoms with E-state index >= 15 is 0 Å². The molecule has 1 aliphatic rings. The van der Waals surface area contributed by atoms with Gasteiger partial charge in [0.05, 0.1) is 28.2 Å². The topological polar surface area (TPSA) is 38.7 Å². The van der Waals surface area contributed by atoms with Gasteiger partial charge in [0.1, 0.15) is 0 Å². The molecule has 0 aliphatic heterocycles. The molecular weight excluding hydrogens is 811 g/mol. The van der Waals surface area contributed by atoms with Crippen molar-refractivity contribution in [2.24, 2.45) is 0 Å². The summed E-state index contributed by atoms with van der Waals surface area (Å²) in [6.45, 7) is 0. The fourth-order valence-corrected chi connectivity index (χ4v) is 10.0. The van der Waals surface area contributed by atoms with Crippen LogP contribution < -0.4 is 0 Å². The van der Waals surface area contributed by atoms with Crippen LogP contribution in [0.25, 0.3) is 89.8 Å². The Morgan fingerprint density at radius 1 is 0.224 bits per heavy atom. The summed E-state index contributed by atoms with van der Waals surface area (Å²) < 4.78 is 0. The normalized spacial score (nSPS) is 12.3. The molecule has 0 amide bonds. The molecular formula is C64H43N3. The number of nitrogens with zero attached hydrogens (tertiary/aromatic N) is 3. The van der Waals surface area contributed by atoms with Crippen LogP contribution >= 0.6 is 0 Å². The van der Waals surface area contributed by atoms with E-state index in [1.165, 1.54) is 33.4 Å². The smallest absolute Gasteiger partial charge is 0.160 e.